The Hall–Kier alpha value is -3.40. The van der Waals surface area contributed by atoms with Crippen molar-refractivity contribution < 1.29 is 14.3 Å². The molecule has 0 saturated heterocycles. The zero-order chi connectivity index (χ0) is 26.5. The summed E-state index contributed by atoms with van der Waals surface area (Å²) >= 11 is 8.68. The summed E-state index contributed by atoms with van der Waals surface area (Å²) in [6, 6.07) is 13.4. The molecule has 2 aromatic carbocycles. The number of nitrogens with zero attached hydrogens (tertiary/aromatic N) is 3. The fourth-order valence-electron chi connectivity index (χ4n) is 3.80. The van der Waals surface area contributed by atoms with Gasteiger partial charge in [-0.25, -0.2) is 4.79 Å². The van der Waals surface area contributed by atoms with E-state index in [1.165, 1.54) is 30.2 Å². The fourth-order valence-corrected chi connectivity index (χ4v) is 5.70. The molecule has 37 heavy (non-hydrogen) atoms. The number of hydrogen-bond donors (Lipinski definition) is 1. The van der Waals surface area contributed by atoms with Crippen LogP contribution in [-0.4, -0.2) is 39.5 Å². The van der Waals surface area contributed by atoms with E-state index in [4.69, 9.17) is 16.3 Å². The predicted octanol–water partition coefficient (Wildman–Crippen LogP) is 6.65. The van der Waals surface area contributed by atoms with E-state index in [1.807, 2.05) is 60.2 Å². The van der Waals surface area contributed by atoms with Crippen LogP contribution < -0.4 is 5.32 Å². The second kappa shape index (κ2) is 11.8. The molecule has 2 aromatic heterocycles. The Labute approximate surface area is 228 Å². The lowest BCUT2D eigenvalue weighted by Gasteiger charge is -2.10. The molecule has 0 spiro atoms. The van der Waals surface area contributed by atoms with Crippen LogP contribution in [0.3, 0.4) is 0 Å². The van der Waals surface area contributed by atoms with Gasteiger partial charge in [0.25, 0.3) is 0 Å². The van der Waals surface area contributed by atoms with Gasteiger partial charge in [0.05, 0.1) is 12.9 Å². The molecular formula is C27H25ClN4O3S2. The highest BCUT2D eigenvalue weighted by Crippen LogP contribution is 2.38. The second-order valence-electron chi connectivity index (χ2n) is 8.22. The summed E-state index contributed by atoms with van der Waals surface area (Å²) in [5.74, 6) is -0.0732. The zero-order valence-corrected chi connectivity index (χ0v) is 23.0. The van der Waals surface area contributed by atoms with E-state index in [2.05, 4.69) is 22.1 Å². The average molecular weight is 553 g/mol. The van der Waals surface area contributed by atoms with Crippen LogP contribution in [0.4, 0.5) is 5.00 Å². The molecule has 0 atom stereocenters. The van der Waals surface area contributed by atoms with E-state index in [-0.39, 0.29) is 11.7 Å². The van der Waals surface area contributed by atoms with Gasteiger partial charge in [-0.1, -0.05) is 65.3 Å². The van der Waals surface area contributed by atoms with Crippen molar-refractivity contribution in [2.24, 2.45) is 0 Å². The predicted molar refractivity (Wildman–Crippen MR) is 151 cm³/mol. The summed E-state index contributed by atoms with van der Waals surface area (Å²) in [5, 5.41) is 14.9. The minimum Gasteiger partial charge on any atom is -0.465 e. The lowest BCUT2D eigenvalue weighted by molar-refractivity contribution is -0.113. The summed E-state index contributed by atoms with van der Waals surface area (Å²) in [6.07, 6.45) is 1.74. The molecule has 1 amide bonds. The number of methoxy groups -OCH3 is 1. The zero-order valence-electron chi connectivity index (χ0n) is 20.6. The van der Waals surface area contributed by atoms with Gasteiger partial charge in [0, 0.05) is 28.1 Å². The van der Waals surface area contributed by atoms with Gasteiger partial charge >= 0.3 is 5.97 Å². The third-order valence-corrected chi connectivity index (χ3v) is 7.66. The van der Waals surface area contributed by atoms with Crippen LogP contribution in [0.2, 0.25) is 5.02 Å². The number of amides is 1. The molecule has 0 radical (unpaired) electrons. The van der Waals surface area contributed by atoms with Crippen LogP contribution in [0, 0.1) is 13.8 Å². The highest BCUT2D eigenvalue weighted by Gasteiger charge is 2.24. The number of rotatable bonds is 9. The summed E-state index contributed by atoms with van der Waals surface area (Å²) in [7, 11) is 1.33. The first-order valence-corrected chi connectivity index (χ1v) is 13.6. The number of carbonyl (C=O) groups excluding carboxylic acids is 2. The molecule has 4 rings (SSSR count). The first-order valence-electron chi connectivity index (χ1n) is 11.3. The molecule has 10 heteroatoms. The first kappa shape index (κ1) is 26.7. The number of anilines is 1. The van der Waals surface area contributed by atoms with Crippen LogP contribution in [0.1, 0.15) is 21.5 Å². The Morgan fingerprint density at radius 2 is 2.00 bits per heavy atom. The van der Waals surface area contributed by atoms with E-state index in [0.29, 0.717) is 33.1 Å². The van der Waals surface area contributed by atoms with E-state index < -0.39 is 5.97 Å². The van der Waals surface area contributed by atoms with Gasteiger partial charge in [-0.3, -0.25) is 9.36 Å². The number of nitrogens with one attached hydrogen (secondary N) is 1. The molecule has 190 valence electrons. The molecule has 0 fully saturated rings. The number of esters is 1. The number of benzene rings is 2. The minimum atomic E-state index is -0.503. The first-order chi connectivity index (χ1) is 17.8. The second-order valence-corrected chi connectivity index (χ2v) is 10.5. The maximum Gasteiger partial charge on any atom is 0.341 e. The number of halogens is 1. The van der Waals surface area contributed by atoms with E-state index in [9.17, 15) is 9.59 Å². The summed E-state index contributed by atoms with van der Waals surface area (Å²) in [4.78, 5) is 25.6. The standard InChI is InChI=1S/C27H25ClN4O3S2/c1-5-11-32-24(18-7-6-8-19(28)13-18)30-31-27(32)37-15-22(33)29-25-23(26(34)35-4)21(14-36-25)20-12-16(2)9-10-17(20)3/h5-10,12-14H,1,11,15H2,2-4H3,(H,29,33). The maximum absolute atomic E-state index is 12.9. The lowest BCUT2D eigenvalue weighted by Crippen LogP contribution is -2.16. The number of hydrogen-bond acceptors (Lipinski definition) is 7. The quantitative estimate of drug-likeness (QED) is 0.142. The molecule has 0 unspecified atom stereocenters. The van der Waals surface area contributed by atoms with Crippen molar-refractivity contribution in [1.29, 1.82) is 0 Å². The SMILES string of the molecule is C=CCn1c(SCC(=O)Nc2scc(-c3cc(C)ccc3C)c2C(=O)OC)nnc1-c1cccc(Cl)c1. The summed E-state index contributed by atoms with van der Waals surface area (Å²) < 4.78 is 6.92. The summed E-state index contributed by atoms with van der Waals surface area (Å²) in [6.45, 7) is 8.27. The van der Waals surface area contributed by atoms with E-state index >= 15 is 0 Å². The van der Waals surface area contributed by atoms with Crippen molar-refractivity contribution in [3.8, 4) is 22.5 Å². The highest BCUT2D eigenvalue weighted by molar-refractivity contribution is 7.99. The molecule has 0 saturated carbocycles. The van der Waals surface area contributed by atoms with Crippen LogP contribution in [0.5, 0.6) is 0 Å². The largest absolute Gasteiger partial charge is 0.465 e. The number of thiophene rings is 1. The Balaban J connectivity index is 1.55. The summed E-state index contributed by atoms with van der Waals surface area (Å²) in [5.41, 5.74) is 4.93. The lowest BCUT2D eigenvalue weighted by atomic mass is 9.97. The average Bonchev–Trinajstić information content (AvgIpc) is 3.48. The number of aromatic nitrogens is 3. The Morgan fingerprint density at radius 1 is 1.19 bits per heavy atom. The van der Waals surface area contributed by atoms with Crippen LogP contribution >= 0.6 is 34.7 Å². The molecule has 4 aromatic rings. The van der Waals surface area contributed by atoms with Gasteiger partial charge in [0.2, 0.25) is 5.91 Å². The third-order valence-electron chi connectivity index (χ3n) is 5.56. The van der Waals surface area contributed by atoms with Crippen LogP contribution in [-0.2, 0) is 16.1 Å². The molecule has 0 aliphatic rings. The molecular weight excluding hydrogens is 528 g/mol. The van der Waals surface area contributed by atoms with Gasteiger partial charge in [-0.2, -0.15) is 0 Å². The molecule has 1 N–H and O–H groups in total. The maximum atomic E-state index is 12.9. The topological polar surface area (TPSA) is 86.1 Å². The molecule has 0 aliphatic heterocycles. The molecule has 7 nitrogen and oxygen atoms in total. The minimum absolute atomic E-state index is 0.0716. The van der Waals surface area contributed by atoms with Gasteiger partial charge in [0.15, 0.2) is 11.0 Å². The highest BCUT2D eigenvalue weighted by atomic mass is 35.5. The Bertz CT molecular complexity index is 1480. The van der Waals surface area contributed by atoms with Gasteiger partial charge in [0.1, 0.15) is 10.6 Å². The molecule has 0 bridgehead atoms. The van der Waals surface area contributed by atoms with E-state index in [1.54, 1.807) is 12.1 Å². The van der Waals surface area contributed by atoms with Crippen molar-refractivity contribution in [1.82, 2.24) is 14.8 Å². The number of allylic oxidation sites excluding steroid dienone is 1. The number of thioether (sulfide) groups is 1. The van der Waals surface area contributed by atoms with Gasteiger partial charge in [-0.05, 0) is 37.1 Å². The number of aryl methyl sites for hydroxylation is 2. The smallest absolute Gasteiger partial charge is 0.341 e. The fraction of sp³-hybridized carbons (Fsp3) is 0.185. The van der Waals surface area contributed by atoms with Crippen molar-refractivity contribution in [3.63, 3.8) is 0 Å². The van der Waals surface area contributed by atoms with Crippen LogP contribution in [0.15, 0.2) is 65.7 Å². The van der Waals surface area contributed by atoms with Crippen LogP contribution in [0.25, 0.3) is 22.5 Å². The van der Waals surface area contributed by atoms with Gasteiger partial charge in [-0.15, -0.1) is 28.1 Å². The third kappa shape index (κ3) is 5.95. The van der Waals surface area contributed by atoms with Crippen molar-refractivity contribution in [2.75, 3.05) is 18.2 Å². The Kier molecular flexibility index (Phi) is 8.48. The Morgan fingerprint density at radius 3 is 2.73 bits per heavy atom. The molecule has 0 aliphatic carbocycles. The van der Waals surface area contributed by atoms with E-state index in [0.717, 1.165) is 27.8 Å². The van der Waals surface area contributed by atoms with Crippen molar-refractivity contribution >= 4 is 51.6 Å². The monoisotopic (exact) mass is 552 g/mol. The van der Waals surface area contributed by atoms with Crippen molar-refractivity contribution in [2.45, 2.75) is 25.5 Å². The van der Waals surface area contributed by atoms with Crippen molar-refractivity contribution in [3.05, 3.63) is 82.2 Å². The van der Waals surface area contributed by atoms with Gasteiger partial charge < -0.3 is 10.1 Å². The number of ether oxygens (including phenoxy) is 1. The number of carbonyl (C=O) groups is 2. The normalized spacial score (nSPS) is 10.8. The molecule has 2 heterocycles.